The van der Waals surface area contributed by atoms with Crippen LogP contribution in [0.4, 0.5) is 14.7 Å². The number of nitrogens with zero attached hydrogens (tertiary/aromatic N) is 2. The minimum atomic E-state index is -0.852. The molecule has 1 heterocycles. The van der Waals surface area contributed by atoms with Crippen LogP contribution in [0, 0.1) is 11.6 Å². The number of anilines is 1. The lowest BCUT2D eigenvalue weighted by atomic mass is 10.2. The van der Waals surface area contributed by atoms with Crippen molar-refractivity contribution in [2.75, 3.05) is 5.32 Å². The molecule has 5 heteroatoms. The van der Waals surface area contributed by atoms with Crippen LogP contribution in [0.25, 0.3) is 5.69 Å². The van der Waals surface area contributed by atoms with E-state index in [1.807, 2.05) is 0 Å². The smallest absolute Gasteiger partial charge is 0.207 e. The van der Waals surface area contributed by atoms with Gasteiger partial charge in [-0.1, -0.05) is 18.9 Å². The minimum absolute atomic E-state index is 0.179. The first-order chi connectivity index (χ1) is 9.25. The first-order valence-electron chi connectivity index (χ1n) is 6.50. The second kappa shape index (κ2) is 4.99. The molecule has 0 atom stereocenters. The topological polar surface area (TPSA) is 29.9 Å². The Hall–Kier alpha value is -1.91. The molecule has 0 bridgehead atoms. The van der Waals surface area contributed by atoms with Crippen molar-refractivity contribution in [1.29, 1.82) is 0 Å². The molecule has 0 radical (unpaired) electrons. The van der Waals surface area contributed by atoms with Gasteiger partial charge in [-0.2, -0.15) is 0 Å². The number of halogens is 2. The van der Waals surface area contributed by atoms with Crippen molar-refractivity contribution < 1.29 is 8.78 Å². The number of benzene rings is 1. The van der Waals surface area contributed by atoms with Crippen LogP contribution in [-0.4, -0.2) is 15.6 Å². The molecule has 0 amide bonds. The SMILES string of the molecule is Fc1cccc(-n2ccnc2NC2CCCC2)c1F. The van der Waals surface area contributed by atoms with Crippen LogP contribution in [-0.2, 0) is 0 Å². The van der Waals surface area contributed by atoms with E-state index >= 15 is 0 Å². The molecule has 1 saturated carbocycles. The van der Waals surface area contributed by atoms with Crippen LogP contribution in [0.15, 0.2) is 30.6 Å². The second-order valence-electron chi connectivity index (χ2n) is 4.82. The van der Waals surface area contributed by atoms with Crippen molar-refractivity contribution >= 4 is 5.95 Å². The van der Waals surface area contributed by atoms with Crippen molar-refractivity contribution in [2.24, 2.45) is 0 Å². The Morgan fingerprint density at radius 3 is 2.79 bits per heavy atom. The van der Waals surface area contributed by atoms with Crippen LogP contribution in [0.2, 0.25) is 0 Å². The van der Waals surface area contributed by atoms with E-state index in [1.165, 1.54) is 18.9 Å². The van der Waals surface area contributed by atoms with E-state index in [0.29, 0.717) is 12.0 Å². The van der Waals surface area contributed by atoms with E-state index in [9.17, 15) is 8.78 Å². The Kier molecular flexibility index (Phi) is 3.19. The van der Waals surface area contributed by atoms with Gasteiger partial charge in [0.2, 0.25) is 5.95 Å². The summed E-state index contributed by atoms with van der Waals surface area (Å²) in [5, 5.41) is 3.30. The highest BCUT2D eigenvalue weighted by molar-refractivity contribution is 5.43. The van der Waals surface area contributed by atoms with E-state index in [1.54, 1.807) is 23.0 Å². The van der Waals surface area contributed by atoms with Gasteiger partial charge in [-0.3, -0.25) is 4.57 Å². The third kappa shape index (κ3) is 2.32. The van der Waals surface area contributed by atoms with Gasteiger partial charge in [0.15, 0.2) is 11.6 Å². The summed E-state index contributed by atoms with van der Waals surface area (Å²) in [5.74, 6) is -1.13. The first-order valence-corrected chi connectivity index (χ1v) is 6.50. The van der Waals surface area contributed by atoms with Gasteiger partial charge in [0.1, 0.15) is 0 Å². The molecule has 19 heavy (non-hydrogen) atoms. The monoisotopic (exact) mass is 263 g/mol. The molecule has 1 aliphatic carbocycles. The van der Waals surface area contributed by atoms with Gasteiger partial charge < -0.3 is 5.32 Å². The fourth-order valence-corrected chi connectivity index (χ4v) is 2.54. The molecule has 1 aromatic carbocycles. The molecule has 2 aromatic rings. The summed E-state index contributed by atoms with van der Waals surface area (Å²) >= 11 is 0. The second-order valence-corrected chi connectivity index (χ2v) is 4.82. The van der Waals surface area contributed by atoms with Crippen LogP contribution < -0.4 is 5.32 Å². The third-order valence-electron chi connectivity index (χ3n) is 3.52. The first kappa shape index (κ1) is 12.1. The van der Waals surface area contributed by atoms with Crippen LogP contribution in [0.5, 0.6) is 0 Å². The summed E-state index contributed by atoms with van der Waals surface area (Å²) in [6.07, 6.45) is 7.81. The van der Waals surface area contributed by atoms with E-state index in [2.05, 4.69) is 10.3 Å². The molecule has 0 spiro atoms. The summed E-state index contributed by atoms with van der Waals surface area (Å²) in [6.45, 7) is 0. The van der Waals surface area contributed by atoms with E-state index < -0.39 is 11.6 Å². The van der Waals surface area contributed by atoms with Crippen molar-refractivity contribution in [3.8, 4) is 5.69 Å². The van der Waals surface area contributed by atoms with Crippen molar-refractivity contribution in [3.05, 3.63) is 42.2 Å². The highest BCUT2D eigenvalue weighted by Crippen LogP contribution is 2.24. The van der Waals surface area contributed by atoms with E-state index in [-0.39, 0.29) is 5.69 Å². The van der Waals surface area contributed by atoms with Crippen LogP contribution in [0.3, 0.4) is 0 Å². The lowest BCUT2D eigenvalue weighted by Crippen LogP contribution is -2.18. The lowest BCUT2D eigenvalue weighted by Gasteiger charge is -2.15. The number of hydrogen-bond donors (Lipinski definition) is 1. The molecular weight excluding hydrogens is 248 g/mol. The molecule has 3 rings (SSSR count). The van der Waals surface area contributed by atoms with E-state index in [0.717, 1.165) is 18.9 Å². The largest absolute Gasteiger partial charge is 0.353 e. The maximum atomic E-state index is 13.8. The molecule has 0 aliphatic heterocycles. The summed E-state index contributed by atoms with van der Waals surface area (Å²) in [4.78, 5) is 4.19. The zero-order chi connectivity index (χ0) is 13.2. The Balaban J connectivity index is 1.92. The molecule has 0 saturated heterocycles. The maximum Gasteiger partial charge on any atom is 0.207 e. The summed E-state index contributed by atoms with van der Waals surface area (Å²) < 4.78 is 28.6. The Bertz CT molecular complexity index is 574. The fourth-order valence-electron chi connectivity index (χ4n) is 2.54. The number of aromatic nitrogens is 2. The van der Waals surface area contributed by atoms with E-state index in [4.69, 9.17) is 0 Å². The van der Waals surface area contributed by atoms with Crippen molar-refractivity contribution in [1.82, 2.24) is 9.55 Å². The van der Waals surface area contributed by atoms with Gasteiger partial charge in [0.25, 0.3) is 0 Å². The third-order valence-corrected chi connectivity index (χ3v) is 3.52. The molecular formula is C14H15F2N3. The molecule has 1 fully saturated rings. The predicted molar refractivity (Wildman–Crippen MR) is 69.4 cm³/mol. The van der Waals surface area contributed by atoms with Gasteiger partial charge >= 0.3 is 0 Å². The molecule has 100 valence electrons. The van der Waals surface area contributed by atoms with Crippen LogP contribution in [0.1, 0.15) is 25.7 Å². The zero-order valence-corrected chi connectivity index (χ0v) is 10.4. The number of rotatable bonds is 3. The number of imidazole rings is 1. The predicted octanol–water partition coefficient (Wildman–Crippen LogP) is 3.51. The van der Waals surface area contributed by atoms with Gasteiger partial charge in [-0.25, -0.2) is 13.8 Å². The zero-order valence-electron chi connectivity index (χ0n) is 10.4. The van der Waals surface area contributed by atoms with Crippen LogP contribution >= 0.6 is 0 Å². The molecule has 1 aromatic heterocycles. The average Bonchev–Trinajstić information content (AvgIpc) is 3.05. The number of nitrogens with one attached hydrogen (secondary N) is 1. The standard InChI is InChI=1S/C14H15F2N3/c15-11-6-3-7-12(13(11)16)19-9-8-17-14(19)18-10-4-1-2-5-10/h3,6-10H,1-2,4-5H2,(H,17,18). The average molecular weight is 263 g/mol. The Morgan fingerprint density at radius 1 is 1.21 bits per heavy atom. The van der Waals surface area contributed by atoms with Gasteiger partial charge in [0, 0.05) is 18.4 Å². The summed E-state index contributed by atoms with van der Waals surface area (Å²) in [5.41, 5.74) is 0.179. The summed E-state index contributed by atoms with van der Waals surface area (Å²) in [6, 6.07) is 4.52. The van der Waals surface area contributed by atoms with Gasteiger partial charge in [-0.15, -0.1) is 0 Å². The highest BCUT2D eigenvalue weighted by Gasteiger charge is 2.18. The van der Waals surface area contributed by atoms with Gasteiger partial charge in [-0.05, 0) is 25.0 Å². The highest BCUT2D eigenvalue weighted by atomic mass is 19.2. The molecule has 3 nitrogen and oxygen atoms in total. The Labute approximate surface area is 110 Å². The molecule has 1 aliphatic rings. The summed E-state index contributed by atoms with van der Waals surface area (Å²) in [7, 11) is 0. The maximum absolute atomic E-state index is 13.8. The minimum Gasteiger partial charge on any atom is -0.353 e. The fraction of sp³-hybridized carbons (Fsp3) is 0.357. The lowest BCUT2D eigenvalue weighted by molar-refractivity contribution is 0.504. The normalized spacial score (nSPS) is 15.9. The number of hydrogen-bond acceptors (Lipinski definition) is 2. The van der Waals surface area contributed by atoms with Crippen molar-refractivity contribution in [2.45, 2.75) is 31.7 Å². The Morgan fingerprint density at radius 2 is 2.00 bits per heavy atom. The quantitative estimate of drug-likeness (QED) is 0.918. The molecule has 1 N–H and O–H groups in total. The van der Waals surface area contributed by atoms with Gasteiger partial charge in [0.05, 0.1) is 5.69 Å². The van der Waals surface area contributed by atoms with Crippen molar-refractivity contribution in [3.63, 3.8) is 0 Å². The molecule has 0 unspecified atom stereocenters.